The zero-order valence-electron chi connectivity index (χ0n) is 11.6. The van der Waals surface area contributed by atoms with Gasteiger partial charge in [0.1, 0.15) is 5.75 Å². The molecule has 1 heterocycles. The summed E-state index contributed by atoms with van der Waals surface area (Å²) in [7, 11) is 3.66. The second-order valence-electron chi connectivity index (χ2n) is 4.48. The summed E-state index contributed by atoms with van der Waals surface area (Å²) in [6.07, 6.45) is 0. The van der Waals surface area contributed by atoms with Crippen LogP contribution in [0.2, 0.25) is 5.02 Å². The van der Waals surface area contributed by atoms with Crippen molar-refractivity contribution in [1.29, 1.82) is 0 Å². The number of rotatable bonds is 4. The van der Waals surface area contributed by atoms with Gasteiger partial charge < -0.3 is 10.1 Å². The summed E-state index contributed by atoms with van der Waals surface area (Å²) >= 11 is 7.92. The van der Waals surface area contributed by atoms with Crippen molar-refractivity contribution < 1.29 is 4.74 Å². The maximum Gasteiger partial charge on any atom is 0.127 e. The highest BCUT2D eigenvalue weighted by atomic mass is 35.5. The summed E-state index contributed by atoms with van der Waals surface area (Å²) in [4.78, 5) is 1.12. The summed E-state index contributed by atoms with van der Waals surface area (Å²) in [5.41, 5.74) is 3.53. The van der Waals surface area contributed by atoms with Gasteiger partial charge in [0.2, 0.25) is 0 Å². The van der Waals surface area contributed by atoms with E-state index in [2.05, 4.69) is 31.3 Å². The van der Waals surface area contributed by atoms with Gasteiger partial charge >= 0.3 is 0 Å². The minimum atomic E-state index is 0.0572. The van der Waals surface area contributed by atoms with Crippen LogP contribution in [0, 0.1) is 13.8 Å². The first-order chi connectivity index (χ1) is 9.10. The van der Waals surface area contributed by atoms with Gasteiger partial charge in [0.05, 0.1) is 18.2 Å². The average Bonchev–Trinajstić information content (AvgIpc) is 2.81. The molecular formula is C15H18ClNOS. The van der Waals surface area contributed by atoms with Crippen LogP contribution in [0.4, 0.5) is 0 Å². The first-order valence-corrected chi connectivity index (χ1v) is 7.40. The van der Waals surface area contributed by atoms with E-state index in [9.17, 15) is 0 Å². The largest absolute Gasteiger partial charge is 0.496 e. The molecule has 1 aromatic heterocycles. The highest BCUT2D eigenvalue weighted by Gasteiger charge is 2.21. The van der Waals surface area contributed by atoms with Crippen molar-refractivity contribution >= 4 is 22.9 Å². The topological polar surface area (TPSA) is 21.3 Å². The average molecular weight is 296 g/mol. The molecule has 2 nitrogen and oxygen atoms in total. The van der Waals surface area contributed by atoms with Crippen LogP contribution in [0.3, 0.4) is 0 Å². The van der Waals surface area contributed by atoms with E-state index in [0.29, 0.717) is 0 Å². The molecule has 0 saturated heterocycles. The van der Waals surface area contributed by atoms with Crippen LogP contribution in [0.5, 0.6) is 5.75 Å². The maximum absolute atomic E-state index is 6.26. The number of halogens is 1. The van der Waals surface area contributed by atoms with Gasteiger partial charge in [0.15, 0.2) is 0 Å². The monoisotopic (exact) mass is 295 g/mol. The van der Waals surface area contributed by atoms with E-state index < -0.39 is 0 Å². The quantitative estimate of drug-likeness (QED) is 0.906. The molecule has 0 fully saturated rings. The van der Waals surface area contributed by atoms with E-state index in [4.69, 9.17) is 16.3 Å². The molecule has 0 saturated carbocycles. The molecule has 0 aliphatic rings. The van der Waals surface area contributed by atoms with Crippen LogP contribution in [-0.2, 0) is 0 Å². The van der Waals surface area contributed by atoms with Crippen LogP contribution < -0.4 is 10.1 Å². The van der Waals surface area contributed by atoms with Crippen LogP contribution in [0.15, 0.2) is 23.6 Å². The van der Waals surface area contributed by atoms with Gasteiger partial charge in [-0.2, -0.15) is 0 Å². The molecule has 102 valence electrons. The summed E-state index contributed by atoms with van der Waals surface area (Å²) < 4.78 is 5.60. The number of methoxy groups -OCH3 is 1. The highest BCUT2D eigenvalue weighted by molar-refractivity contribution is 7.10. The molecule has 0 spiro atoms. The van der Waals surface area contributed by atoms with E-state index in [1.54, 1.807) is 18.4 Å². The number of hydrogen-bond acceptors (Lipinski definition) is 3. The molecule has 0 aliphatic carbocycles. The molecule has 4 heteroatoms. The normalized spacial score (nSPS) is 12.5. The molecule has 1 unspecified atom stereocenters. The lowest BCUT2D eigenvalue weighted by atomic mass is 9.98. The van der Waals surface area contributed by atoms with E-state index >= 15 is 0 Å². The van der Waals surface area contributed by atoms with Crippen molar-refractivity contribution in [3.63, 3.8) is 0 Å². The smallest absolute Gasteiger partial charge is 0.127 e. The van der Waals surface area contributed by atoms with Gasteiger partial charge in [-0.15, -0.1) is 11.3 Å². The lowest BCUT2D eigenvalue weighted by Crippen LogP contribution is -2.18. The summed E-state index contributed by atoms with van der Waals surface area (Å²) in [5.74, 6) is 0.934. The molecule has 1 N–H and O–H groups in total. The predicted octanol–water partition coefficient (Wildman–Crippen LogP) is 4.34. The molecule has 1 atom stereocenters. The van der Waals surface area contributed by atoms with Gasteiger partial charge in [-0.3, -0.25) is 0 Å². The van der Waals surface area contributed by atoms with E-state index in [0.717, 1.165) is 21.2 Å². The minimum Gasteiger partial charge on any atom is -0.496 e. The Morgan fingerprint density at radius 3 is 2.53 bits per heavy atom. The fraction of sp³-hybridized carbons (Fsp3) is 0.333. The lowest BCUT2D eigenvalue weighted by molar-refractivity contribution is 0.402. The standard InChI is InChI=1S/C15H18ClNOS/c1-9-5-6-11(14(18-4)10(9)2)13(17-3)15-12(16)7-8-19-15/h5-8,13,17H,1-4H3. The molecular weight excluding hydrogens is 278 g/mol. The summed E-state index contributed by atoms with van der Waals surface area (Å²) in [5, 5.41) is 6.13. The molecule has 0 radical (unpaired) electrons. The zero-order valence-corrected chi connectivity index (χ0v) is 13.2. The number of hydrogen-bond donors (Lipinski definition) is 1. The van der Waals surface area contributed by atoms with Crippen LogP contribution in [0.25, 0.3) is 0 Å². The predicted molar refractivity (Wildman–Crippen MR) is 82.7 cm³/mol. The SMILES string of the molecule is CNC(c1ccc(C)c(C)c1OC)c1sccc1Cl. The Balaban J connectivity index is 2.56. The van der Waals surface area contributed by atoms with Gasteiger partial charge in [0, 0.05) is 10.4 Å². The third-order valence-electron chi connectivity index (χ3n) is 3.42. The molecule has 2 rings (SSSR count). The fourth-order valence-electron chi connectivity index (χ4n) is 2.25. The Labute approximate surface area is 123 Å². The minimum absolute atomic E-state index is 0.0572. The Morgan fingerprint density at radius 1 is 1.26 bits per heavy atom. The van der Waals surface area contributed by atoms with Crippen molar-refractivity contribution in [1.82, 2.24) is 5.32 Å². The molecule has 0 aliphatic heterocycles. The summed E-state index contributed by atoms with van der Waals surface area (Å²) in [6, 6.07) is 6.22. The molecule has 2 aromatic rings. The molecule has 1 aromatic carbocycles. The van der Waals surface area contributed by atoms with Crippen molar-refractivity contribution in [2.45, 2.75) is 19.9 Å². The Morgan fingerprint density at radius 2 is 2.00 bits per heavy atom. The number of thiophene rings is 1. The third kappa shape index (κ3) is 2.64. The van der Waals surface area contributed by atoms with Gasteiger partial charge in [-0.1, -0.05) is 23.7 Å². The van der Waals surface area contributed by atoms with Crippen molar-refractivity contribution in [2.24, 2.45) is 0 Å². The molecule has 0 bridgehead atoms. The van der Waals surface area contributed by atoms with Crippen LogP contribution in [0.1, 0.15) is 27.6 Å². The third-order valence-corrected chi connectivity index (χ3v) is 4.84. The first-order valence-electron chi connectivity index (χ1n) is 6.14. The number of benzene rings is 1. The Hall–Kier alpha value is -1.03. The van der Waals surface area contributed by atoms with E-state index in [1.165, 1.54) is 11.1 Å². The van der Waals surface area contributed by atoms with E-state index in [-0.39, 0.29) is 6.04 Å². The lowest BCUT2D eigenvalue weighted by Gasteiger charge is -2.21. The van der Waals surface area contributed by atoms with Crippen molar-refractivity contribution in [2.75, 3.05) is 14.2 Å². The highest BCUT2D eigenvalue weighted by Crippen LogP contribution is 2.38. The summed E-state index contributed by atoms with van der Waals surface area (Å²) in [6.45, 7) is 4.18. The van der Waals surface area contributed by atoms with Crippen molar-refractivity contribution in [3.8, 4) is 5.75 Å². The molecule has 0 amide bonds. The van der Waals surface area contributed by atoms with E-state index in [1.807, 2.05) is 18.5 Å². The Kier molecular flexibility index (Phi) is 4.50. The number of nitrogens with one attached hydrogen (secondary N) is 1. The van der Waals surface area contributed by atoms with Gasteiger partial charge in [0.25, 0.3) is 0 Å². The van der Waals surface area contributed by atoms with Gasteiger partial charge in [-0.25, -0.2) is 0 Å². The zero-order chi connectivity index (χ0) is 14.0. The fourth-order valence-corrected chi connectivity index (χ4v) is 3.54. The van der Waals surface area contributed by atoms with Crippen molar-refractivity contribution in [3.05, 3.63) is 50.2 Å². The second kappa shape index (κ2) is 5.95. The Bertz CT molecular complexity index is 580. The first kappa shape index (κ1) is 14.4. The number of ether oxygens (including phenoxy) is 1. The molecule has 19 heavy (non-hydrogen) atoms. The van der Waals surface area contributed by atoms with Crippen LogP contribution >= 0.6 is 22.9 Å². The number of aryl methyl sites for hydroxylation is 1. The van der Waals surface area contributed by atoms with Gasteiger partial charge in [-0.05, 0) is 43.5 Å². The maximum atomic E-state index is 6.26. The van der Waals surface area contributed by atoms with Crippen LogP contribution in [-0.4, -0.2) is 14.2 Å². The second-order valence-corrected chi connectivity index (χ2v) is 5.84.